The van der Waals surface area contributed by atoms with Gasteiger partial charge in [-0.3, -0.25) is 9.78 Å². The number of carbonyl (C=O) groups is 1. The molecule has 3 saturated heterocycles. The number of benzene rings is 2. The standard InChI is InChI=1S/C32H38N2O2/c1-5-24-20-34-17-15-26(24)19-30(34)31(28-14-16-33-29-9-7-6-8-27(28)29)36-32(35)22(4)25-12-10-23(11-13-25)18-21(2)3/h5-14,16,21-22,24,26,30-31H,1,15,17-20H2,2-4H3/p+1/t22-,24+,26+,30+,31-/m1/s1. The molecule has 4 heteroatoms. The summed E-state index contributed by atoms with van der Waals surface area (Å²) >= 11 is 0. The van der Waals surface area contributed by atoms with Crippen molar-refractivity contribution in [3.8, 4) is 0 Å². The van der Waals surface area contributed by atoms with Crippen molar-refractivity contribution in [1.82, 2.24) is 4.98 Å². The number of para-hydroxylation sites is 1. The molecule has 3 fully saturated rings. The van der Waals surface area contributed by atoms with Crippen LogP contribution in [-0.4, -0.2) is 30.1 Å². The first-order valence-corrected chi connectivity index (χ1v) is 13.5. The largest absolute Gasteiger partial charge is 0.451 e. The molecule has 0 radical (unpaired) electrons. The number of pyridine rings is 1. The fraction of sp³-hybridized carbons (Fsp3) is 0.438. The normalized spacial score (nSPS) is 25.0. The molecule has 2 aromatic carbocycles. The molecule has 3 aliphatic rings. The van der Waals surface area contributed by atoms with E-state index >= 15 is 0 Å². The number of aromatic nitrogens is 1. The molecule has 4 heterocycles. The van der Waals surface area contributed by atoms with Crippen LogP contribution in [0.2, 0.25) is 0 Å². The zero-order valence-electron chi connectivity index (χ0n) is 21.8. The third kappa shape index (κ3) is 4.97. The van der Waals surface area contributed by atoms with Crippen LogP contribution in [0, 0.1) is 17.8 Å². The van der Waals surface area contributed by atoms with Crippen molar-refractivity contribution in [2.75, 3.05) is 13.1 Å². The molecule has 188 valence electrons. The van der Waals surface area contributed by atoms with Crippen molar-refractivity contribution in [3.63, 3.8) is 0 Å². The number of ether oxygens (including phenoxy) is 1. The van der Waals surface area contributed by atoms with Crippen molar-refractivity contribution < 1.29 is 14.4 Å². The summed E-state index contributed by atoms with van der Waals surface area (Å²) in [7, 11) is 0. The highest BCUT2D eigenvalue weighted by atomic mass is 16.5. The topological polar surface area (TPSA) is 43.6 Å². The Morgan fingerprint density at radius 3 is 2.61 bits per heavy atom. The van der Waals surface area contributed by atoms with E-state index in [9.17, 15) is 4.79 Å². The van der Waals surface area contributed by atoms with Crippen LogP contribution >= 0.6 is 0 Å². The van der Waals surface area contributed by atoms with Crippen LogP contribution in [0.3, 0.4) is 0 Å². The van der Waals surface area contributed by atoms with Crippen LogP contribution in [0.15, 0.2) is 73.4 Å². The van der Waals surface area contributed by atoms with Gasteiger partial charge in [0.25, 0.3) is 0 Å². The number of fused-ring (bicyclic) bond motifs is 4. The number of esters is 1. The van der Waals surface area contributed by atoms with E-state index in [1.807, 2.05) is 31.3 Å². The number of piperidine rings is 3. The van der Waals surface area contributed by atoms with E-state index in [0.717, 1.165) is 48.0 Å². The molecular weight excluding hydrogens is 444 g/mol. The summed E-state index contributed by atoms with van der Waals surface area (Å²) in [4.78, 5) is 19.7. The molecular formula is C32H39N2O2+. The van der Waals surface area contributed by atoms with E-state index in [2.05, 4.69) is 67.9 Å². The molecule has 6 rings (SSSR count). The summed E-state index contributed by atoms with van der Waals surface area (Å²) in [5, 5.41) is 1.07. The van der Waals surface area contributed by atoms with Crippen molar-refractivity contribution in [3.05, 3.63) is 90.1 Å². The first-order valence-electron chi connectivity index (χ1n) is 13.5. The highest BCUT2D eigenvalue weighted by Gasteiger charge is 2.48. The van der Waals surface area contributed by atoms with Gasteiger partial charge >= 0.3 is 5.97 Å². The van der Waals surface area contributed by atoms with Gasteiger partial charge in [0.05, 0.1) is 24.5 Å². The number of hydrogen-bond acceptors (Lipinski definition) is 3. The first kappa shape index (κ1) is 24.7. The van der Waals surface area contributed by atoms with Crippen LogP contribution in [0.4, 0.5) is 0 Å². The van der Waals surface area contributed by atoms with Crippen molar-refractivity contribution >= 4 is 16.9 Å². The minimum atomic E-state index is -0.319. The van der Waals surface area contributed by atoms with E-state index in [-0.39, 0.29) is 24.0 Å². The maximum atomic E-state index is 13.6. The molecule has 1 N–H and O–H groups in total. The first-order chi connectivity index (χ1) is 17.4. The Morgan fingerprint density at radius 2 is 1.92 bits per heavy atom. The van der Waals surface area contributed by atoms with E-state index < -0.39 is 0 Å². The third-order valence-electron chi connectivity index (χ3n) is 8.40. The number of quaternary nitrogens is 1. The van der Waals surface area contributed by atoms with Crippen molar-refractivity contribution in [2.45, 2.75) is 58.1 Å². The lowest BCUT2D eigenvalue weighted by atomic mass is 9.73. The highest BCUT2D eigenvalue weighted by Crippen LogP contribution is 2.37. The zero-order chi connectivity index (χ0) is 25.2. The summed E-state index contributed by atoms with van der Waals surface area (Å²) in [5.41, 5.74) is 4.34. The average Bonchev–Trinajstić information content (AvgIpc) is 2.91. The van der Waals surface area contributed by atoms with E-state index in [0.29, 0.717) is 17.8 Å². The fourth-order valence-electron chi connectivity index (χ4n) is 6.40. The second-order valence-electron chi connectivity index (χ2n) is 11.2. The molecule has 6 atom stereocenters. The van der Waals surface area contributed by atoms with Crippen LogP contribution < -0.4 is 4.90 Å². The van der Waals surface area contributed by atoms with Crippen molar-refractivity contribution in [1.29, 1.82) is 0 Å². The SMILES string of the molecule is C=C[C@H]1C[NH+]2CC[C@H]1C[C@H]2[C@H](OC(=O)[C@H](C)c1ccc(CC(C)C)cc1)c1ccnc2ccccc12. The summed E-state index contributed by atoms with van der Waals surface area (Å²) in [5.74, 6) is 1.31. The van der Waals surface area contributed by atoms with E-state index in [1.54, 1.807) is 0 Å². The average molecular weight is 484 g/mol. The molecule has 2 bridgehead atoms. The smallest absolute Gasteiger partial charge is 0.313 e. The van der Waals surface area contributed by atoms with Crippen LogP contribution in [0.5, 0.6) is 0 Å². The summed E-state index contributed by atoms with van der Waals surface area (Å²) < 4.78 is 6.50. The van der Waals surface area contributed by atoms with Crippen LogP contribution in [0.25, 0.3) is 10.9 Å². The van der Waals surface area contributed by atoms with Gasteiger partial charge in [0, 0.05) is 35.9 Å². The number of rotatable bonds is 8. The van der Waals surface area contributed by atoms with Gasteiger partial charge < -0.3 is 9.64 Å². The highest BCUT2D eigenvalue weighted by molar-refractivity contribution is 5.83. The van der Waals surface area contributed by atoms with Gasteiger partial charge in [0.15, 0.2) is 6.10 Å². The predicted octanol–water partition coefficient (Wildman–Crippen LogP) is 5.30. The fourth-order valence-corrected chi connectivity index (χ4v) is 6.40. The Kier molecular flexibility index (Phi) is 7.25. The number of nitrogens with zero attached hydrogens (tertiary/aromatic N) is 1. The summed E-state index contributed by atoms with van der Waals surface area (Å²) in [6, 6.07) is 19.0. The molecule has 3 aromatic rings. The quantitative estimate of drug-likeness (QED) is 0.349. The molecule has 3 aliphatic heterocycles. The molecule has 0 saturated carbocycles. The molecule has 1 aromatic heterocycles. The van der Waals surface area contributed by atoms with Gasteiger partial charge in [0.2, 0.25) is 0 Å². The molecule has 0 spiro atoms. The second kappa shape index (κ2) is 10.6. The molecule has 0 aliphatic carbocycles. The Labute approximate surface area is 215 Å². The lowest BCUT2D eigenvalue weighted by Gasteiger charge is -2.48. The number of nitrogens with one attached hydrogen (secondary N) is 1. The maximum absolute atomic E-state index is 13.6. The monoisotopic (exact) mass is 483 g/mol. The molecule has 4 nitrogen and oxygen atoms in total. The van der Waals surface area contributed by atoms with Crippen LogP contribution in [0.1, 0.15) is 62.3 Å². The lowest BCUT2D eigenvalue weighted by molar-refractivity contribution is -0.949. The number of hydrogen-bond donors (Lipinski definition) is 1. The van der Waals surface area contributed by atoms with Gasteiger partial charge in [0.1, 0.15) is 6.04 Å². The molecule has 1 unspecified atom stereocenters. The third-order valence-corrected chi connectivity index (χ3v) is 8.40. The minimum Gasteiger partial charge on any atom is -0.451 e. The Bertz CT molecular complexity index is 1210. The van der Waals surface area contributed by atoms with Gasteiger partial charge in [-0.05, 0) is 48.4 Å². The maximum Gasteiger partial charge on any atom is 0.313 e. The Hall–Kier alpha value is -2.98. The zero-order valence-corrected chi connectivity index (χ0v) is 21.8. The van der Waals surface area contributed by atoms with E-state index in [1.165, 1.54) is 16.9 Å². The summed E-state index contributed by atoms with van der Waals surface area (Å²) in [6.45, 7) is 12.7. The predicted molar refractivity (Wildman–Crippen MR) is 145 cm³/mol. The van der Waals surface area contributed by atoms with Crippen molar-refractivity contribution in [2.24, 2.45) is 17.8 Å². The van der Waals surface area contributed by atoms with Gasteiger partial charge in [-0.2, -0.15) is 0 Å². The second-order valence-corrected chi connectivity index (χ2v) is 11.2. The lowest BCUT2D eigenvalue weighted by Crippen LogP contribution is -3.20. The minimum absolute atomic E-state index is 0.153. The Morgan fingerprint density at radius 1 is 1.14 bits per heavy atom. The Balaban J connectivity index is 1.44. The van der Waals surface area contributed by atoms with Gasteiger partial charge in [-0.25, -0.2) is 0 Å². The number of carbonyl (C=O) groups excluding carboxylic acids is 1. The van der Waals surface area contributed by atoms with E-state index in [4.69, 9.17) is 4.74 Å². The molecule has 36 heavy (non-hydrogen) atoms. The summed E-state index contributed by atoms with van der Waals surface area (Å²) in [6.07, 6.45) is 7.01. The van der Waals surface area contributed by atoms with Crippen LogP contribution in [-0.2, 0) is 16.0 Å². The van der Waals surface area contributed by atoms with Gasteiger partial charge in [-0.1, -0.05) is 62.4 Å². The molecule has 0 amide bonds. The van der Waals surface area contributed by atoms with Gasteiger partial charge in [-0.15, -0.1) is 6.58 Å².